The summed E-state index contributed by atoms with van der Waals surface area (Å²) in [6.07, 6.45) is 6.68. The third-order valence-electron chi connectivity index (χ3n) is 7.87. The van der Waals surface area contributed by atoms with E-state index in [0.717, 1.165) is 43.2 Å². The molecule has 0 aromatic carbocycles. The van der Waals surface area contributed by atoms with Crippen molar-refractivity contribution in [2.24, 2.45) is 17.8 Å². The number of aliphatic hydroxyl groups is 1. The number of aryl methyl sites for hydroxylation is 1. The number of imidazole rings is 1. The lowest BCUT2D eigenvalue weighted by atomic mass is 9.53. The Morgan fingerprint density at radius 1 is 1.30 bits per heavy atom. The molecule has 1 saturated heterocycles. The Labute approximate surface area is 174 Å². The van der Waals surface area contributed by atoms with E-state index in [1.165, 1.54) is 0 Å². The first-order chi connectivity index (χ1) is 14.4. The van der Waals surface area contributed by atoms with Crippen LogP contribution < -0.4 is 5.69 Å². The number of likely N-dealkylation sites (tertiary alicyclic amines) is 1. The molecular formula is C22H28N4O4. The van der Waals surface area contributed by atoms with Crippen LogP contribution in [-0.4, -0.2) is 55.4 Å². The number of nitrogens with one attached hydrogen (secondary N) is 1. The fourth-order valence-electron chi connectivity index (χ4n) is 6.89. The SMILES string of the molecule is Cc1cnc2c(c1)[nH]c(=O)n2[C@@H]1CCN(C(=O)OC2C3CC4CC2CC(O)(C4)C3)C1. The zero-order valence-electron chi connectivity index (χ0n) is 17.2. The van der Waals surface area contributed by atoms with E-state index in [1.54, 1.807) is 15.7 Å². The number of amides is 1. The van der Waals surface area contributed by atoms with Crippen LogP contribution in [0.4, 0.5) is 4.79 Å². The second-order valence-corrected chi connectivity index (χ2v) is 10.1. The van der Waals surface area contributed by atoms with E-state index >= 15 is 0 Å². The molecule has 3 atom stereocenters. The van der Waals surface area contributed by atoms with Gasteiger partial charge in [0, 0.05) is 19.3 Å². The van der Waals surface area contributed by atoms with E-state index in [1.807, 2.05) is 13.0 Å². The zero-order valence-corrected chi connectivity index (χ0v) is 17.2. The topological polar surface area (TPSA) is 100 Å². The Morgan fingerprint density at radius 2 is 2.07 bits per heavy atom. The molecule has 7 rings (SSSR count). The second-order valence-electron chi connectivity index (χ2n) is 10.1. The van der Waals surface area contributed by atoms with E-state index in [0.29, 0.717) is 31.1 Å². The molecule has 0 radical (unpaired) electrons. The van der Waals surface area contributed by atoms with Crippen molar-refractivity contribution < 1.29 is 14.6 Å². The summed E-state index contributed by atoms with van der Waals surface area (Å²) in [5.74, 6) is 1.16. The van der Waals surface area contributed by atoms with Crippen LogP contribution in [0, 0.1) is 24.7 Å². The van der Waals surface area contributed by atoms with E-state index in [2.05, 4.69) is 9.97 Å². The maximum Gasteiger partial charge on any atom is 0.410 e. The van der Waals surface area contributed by atoms with Gasteiger partial charge in [-0.2, -0.15) is 0 Å². The highest BCUT2D eigenvalue weighted by Gasteiger charge is 2.56. The predicted molar refractivity (Wildman–Crippen MR) is 109 cm³/mol. The second kappa shape index (κ2) is 6.33. The lowest BCUT2D eigenvalue weighted by Crippen LogP contribution is -2.58. The van der Waals surface area contributed by atoms with Crippen LogP contribution in [0.25, 0.3) is 11.2 Å². The van der Waals surface area contributed by atoms with Crippen LogP contribution >= 0.6 is 0 Å². The summed E-state index contributed by atoms with van der Waals surface area (Å²) >= 11 is 0. The standard InChI is InChI=1S/C22H28N4O4/c1-12-4-17-19(23-10-12)26(20(27)24-17)16-2-3-25(11-16)21(28)30-18-14-5-13-6-15(18)9-22(29,7-13)8-14/h4,10,13-16,18,29H,2-3,5-9,11H2,1H3,(H,24,27)/t13?,14?,15?,16-,18?,22?/m1/s1. The number of aromatic nitrogens is 3. The lowest BCUT2D eigenvalue weighted by Gasteiger charge is -2.57. The summed E-state index contributed by atoms with van der Waals surface area (Å²) in [5.41, 5.74) is 1.65. The van der Waals surface area contributed by atoms with Crippen molar-refractivity contribution in [3.63, 3.8) is 0 Å². The summed E-state index contributed by atoms with van der Waals surface area (Å²) in [4.78, 5) is 34.5. The smallest absolute Gasteiger partial charge is 0.410 e. The normalized spacial score (nSPS) is 37.3. The van der Waals surface area contributed by atoms with Crippen molar-refractivity contribution in [2.75, 3.05) is 13.1 Å². The van der Waals surface area contributed by atoms with Gasteiger partial charge in [-0.15, -0.1) is 0 Å². The molecular weight excluding hydrogens is 384 g/mol. The van der Waals surface area contributed by atoms with Crippen molar-refractivity contribution in [1.29, 1.82) is 0 Å². The fourth-order valence-corrected chi connectivity index (χ4v) is 6.89. The van der Waals surface area contributed by atoms with Crippen LogP contribution in [0.2, 0.25) is 0 Å². The quantitative estimate of drug-likeness (QED) is 0.789. The third-order valence-corrected chi connectivity index (χ3v) is 7.87. The Hall–Kier alpha value is -2.35. The van der Waals surface area contributed by atoms with E-state index in [-0.39, 0.29) is 35.8 Å². The molecule has 160 valence electrons. The molecule has 1 aliphatic heterocycles. The van der Waals surface area contributed by atoms with Gasteiger partial charge in [-0.05, 0) is 74.8 Å². The minimum Gasteiger partial charge on any atom is -0.446 e. The molecule has 2 N–H and O–H groups in total. The number of nitrogens with zero attached hydrogens (tertiary/aromatic N) is 3. The number of hydrogen-bond acceptors (Lipinski definition) is 5. The van der Waals surface area contributed by atoms with Gasteiger partial charge in [-0.1, -0.05) is 0 Å². The molecule has 1 amide bonds. The van der Waals surface area contributed by atoms with Crippen molar-refractivity contribution in [1.82, 2.24) is 19.4 Å². The third kappa shape index (κ3) is 2.80. The van der Waals surface area contributed by atoms with Gasteiger partial charge in [0.05, 0.1) is 17.2 Å². The Kier molecular flexibility index (Phi) is 3.88. The summed E-state index contributed by atoms with van der Waals surface area (Å²) in [6.45, 7) is 2.97. The molecule has 8 nitrogen and oxygen atoms in total. The molecule has 2 aromatic rings. The first-order valence-corrected chi connectivity index (χ1v) is 11.1. The zero-order chi connectivity index (χ0) is 20.6. The molecule has 0 spiro atoms. The summed E-state index contributed by atoms with van der Waals surface area (Å²) in [5, 5.41) is 10.7. The van der Waals surface area contributed by atoms with E-state index in [9.17, 15) is 14.7 Å². The molecule has 2 aromatic heterocycles. The number of rotatable bonds is 2. The number of fused-ring (bicyclic) bond motifs is 1. The summed E-state index contributed by atoms with van der Waals surface area (Å²) < 4.78 is 7.70. The maximum absolute atomic E-state index is 13.0. The molecule has 5 aliphatic rings. The highest BCUT2D eigenvalue weighted by molar-refractivity contribution is 5.72. The number of pyridine rings is 1. The highest BCUT2D eigenvalue weighted by atomic mass is 16.6. The fraction of sp³-hybridized carbons (Fsp3) is 0.682. The van der Waals surface area contributed by atoms with Crippen LogP contribution in [0.1, 0.15) is 50.1 Å². The largest absolute Gasteiger partial charge is 0.446 e. The average molecular weight is 412 g/mol. The number of hydrogen-bond donors (Lipinski definition) is 2. The molecule has 4 saturated carbocycles. The van der Waals surface area contributed by atoms with Gasteiger partial charge < -0.3 is 19.7 Å². The summed E-state index contributed by atoms with van der Waals surface area (Å²) in [6, 6.07) is 1.81. The number of carbonyl (C=O) groups excluding carboxylic acids is 1. The average Bonchev–Trinajstić information content (AvgIpc) is 3.26. The van der Waals surface area contributed by atoms with E-state index in [4.69, 9.17) is 4.74 Å². The van der Waals surface area contributed by atoms with Crippen LogP contribution in [-0.2, 0) is 4.74 Å². The minimum absolute atomic E-state index is 0.0752. The minimum atomic E-state index is -0.528. The van der Waals surface area contributed by atoms with Crippen molar-refractivity contribution in [3.05, 3.63) is 28.3 Å². The van der Waals surface area contributed by atoms with Crippen LogP contribution in [0.3, 0.4) is 0 Å². The van der Waals surface area contributed by atoms with Gasteiger partial charge in [0.25, 0.3) is 0 Å². The molecule has 30 heavy (non-hydrogen) atoms. The lowest BCUT2D eigenvalue weighted by molar-refractivity contribution is -0.177. The number of ether oxygens (including phenoxy) is 1. The maximum atomic E-state index is 13.0. The monoisotopic (exact) mass is 412 g/mol. The Balaban J connectivity index is 1.17. The molecule has 3 heterocycles. The molecule has 4 bridgehead atoms. The molecule has 8 heteroatoms. The highest BCUT2D eigenvalue weighted by Crippen LogP contribution is 2.56. The van der Waals surface area contributed by atoms with Gasteiger partial charge in [-0.3, -0.25) is 4.57 Å². The van der Waals surface area contributed by atoms with Gasteiger partial charge in [0.2, 0.25) is 0 Å². The first kappa shape index (κ1) is 18.4. The van der Waals surface area contributed by atoms with Crippen molar-refractivity contribution >= 4 is 17.3 Å². The number of carbonyl (C=O) groups is 1. The van der Waals surface area contributed by atoms with Crippen molar-refractivity contribution in [2.45, 2.75) is 63.2 Å². The van der Waals surface area contributed by atoms with Crippen LogP contribution in [0.5, 0.6) is 0 Å². The van der Waals surface area contributed by atoms with Gasteiger partial charge in [0.1, 0.15) is 6.10 Å². The molecule has 5 fully saturated rings. The molecule has 4 aliphatic carbocycles. The van der Waals surface area contributed by atoms with E-state index < -0.39 is 5.60 Å². The van der Waals surface area contributed by atoms with Crippen LogP contribution in [0.15, 0.2) is 17.1 Å². The van der Waals surface area contributed by atoms with Gasteiger partial charge in [0.15, 0.2) is 5.65 Å². The van der Waals surface area contributed by atoms with Crippen molar-refractivity contribution in [3.8, 4) is 0 Å². The Bertz CT molecular complexity index is 1060. The van der Waals surface area contributed by atoms with Gasteiger partial charge >= 0.3 is 11.8 Å². The summed E-state index contributed by atoms with van der Waals surface area (Å²) in [7, 11) is 0. The first-order valence-electron chi connectivity index (χ1n) is 11.1. The molecule has 2 unspecified atom stereocenters. The van der Waals surface area contributed by atoms with Gasteiger partial charge in [-0.25, -0.2) is 14.6 Å². The number of H-pyrrole nitrogens is 1. The predicted octanol–water partition coefficient (Wildman–Crippen LogP) is 2.36. The Morgan fingerprint density at radius 3 is 2.80 bits per heavy atom. The number of aromatic amines is 1.